The van der Waals surface area contributed by atoms with Gasteiger partial charge in [0.05, 0.1) is 24.5 Å². The summed E-state index contributed by atoms with van der Waals surface area (Å²) in [5.41, 5.74) is 1.14. The average molecular weight is 435 g/mol. The SMILES string of the molecule is COC(=O)Cn1c(=NC(=O)c2ccccc2Br)sc2cccc(OC)c21. The molecule has 1 heterocycles. The number of carbonyl (C=O) groups is 2. The van der Waals surface area contributed by atoms with E-state index in [1.807, 2.05) is 18.2 Å². The lowest BCUT2D eigenvalue weighted by atomic mass is 10.2. The second kappa shape index (κ2) is 7.84. The molecule has 6 nitrogen and oxygen atoms in total. The fourth-order valence-electron chi connectivity index (χ4n) is 2.47. The van der Waals surface area contributed by atoms with E-state index in [1.54, 1.807) is 35.9 Å². The molecule has 0 unspecified atom stereocenters. The second-order valence-electron chi connectivity index (χ2n) is 5.25. The molecule has 0 aliphatic rings. The van der Waals surface area contributed by atoms with E-state index in [9.17, 15) is 9.59 Å². The number of carbonyl (C=O) groups excluding carboxylic acids is 2. The molecule has 0 saturated heterocycles. The van der Waals surface area contributed by atoms with Crippen molar-refractivity contribution >= 4 is 49.4 Å². The van der Waals surface area contributed by atoms with Crippen LogP contribution in [0, 0.1) is 0 Å². The van der Waals surface area contributed by atoms with E-state index < -0.39 is 11.9 Å². The van der Waals surface area contributed by atoms with Crippen LogP contribution in [0.4, 0.5) is 0 Å². The number of esters is 1. The molecule has 0 radical (unpaired) electrons. The Morgan fingerprint density at radius 1 is 1.15 bits per heavy atom. The highest BCUT2D eigenvalue weighted by Crippen LogP contribution is 2.27. The summed E-state index contributed by atoms with van der Waals surface area (Å²) in [4.78, 5) is 29.1. The fourth-order valence-corrected chi connectivity index (χ4v) is 3.97. The lowest BCUT2D eigenvalue weighted by Crippen LogP contribution is -2.22. The van der Waals surface area contributed by atoms with Crippen LogP contribution in [0.15, 0.2) is 51.9 Å². The topological polar surface area (TPSA) is 69.9 Å². The lowest BCUT2D eigenvalue weighted by Gasteiger charge is -2.07. The van der Waals surface area contributed by atoms with E-state index in [4.69, 9.17) is 9.47 Å². The Labute approximate surface area is 161 Å². The van der Waals surface area contributed by atoms with Crippen molar-refractivity contribution in [2.45, 2.75) is 6.54 Å². The number of aromatic nitrogens is 1. The fraction of sp³-hybridized carbons (Fsp3) is 0.167. The highest BCUT2D eigenvalue weighted by atomic mass is 79.9. The van der Waals surface area contributed by atoms with Crippen LogP contribution >= 0.6 is 27.3 Å². The zero-order valence-electron chi connectivity index (χ0n) is 14.1. The van der Waals surface area contributed by atoms with Crippen molar-refractivity contribution in [3.05, 3.63) is 57.3 Å². The number of para-hydroxylation sites is 1. The van der Waals surface area contributed by atoms with E-state index in [1.165, 1.54) is 18.4 Å². The van der Waals surface area contributed by atoms with Crippen molar-refractivity contribution in [2.24, 2.45) is 4.99 Å². The van der Waals surface area contributed by atoms with E-state index in [-0.39, 0.29) is 6.54 Å². The maximum atomic E-state index is 12.6. The normalized spacial score (nSPS) is 11.6. The van der Waals surface area contributed by atoms with Gasteiger partial charge in [-0.25, -0.2) is 0 Å². The highest BCUT2D eigenvalue weighted by molar-refractivity contribution is 9.10. The van der Waals surface area contributed by atoms with Crippen LogP contribution in [0.1, 0.15) is 10.4 Å². The number of thiazole rings is 1. The predicted molar refractivity (Wildman–Crippen MR) is 102 cm³/mol. The van der Waals surface area contributed by atoms with Crippen LogP contribution in [-0.4, -0.2) is 30.7 Å². The Hall–Kier alpha value is -2.45. The summed E-state index contributed by atoms with van der Waals surface area (Å²) in [6, 6.07) is 12.6. The van der Waals surface area contributed by atoms with Gasteiger partial charge < -0.3 is 14.0 Å². The summed E-state index contributed by atoms with van der Waals surface area (Å²) in [7, 11) is 2.87. The first-order valence-electron chi connectivity index (χ1n) is 7.62. The van der Waals surface area contributed by atoms with Crippen molar-refractivity contribution in [3.63, 3.8) is 0 Å². The lowest BCUT2D eigenvalue weighted by molar-refractivity contribution is -0.141. The van der Waals surface area contributed by atoms with Crippen molar-refractivity contribution in [1.29, 1.82) is 0 Å². The van der Waals surface area contributed by atoms with Gasteiger partial charge >= 0.3 is 5.97 Å². The molecule has 26 heavy (non-hydrogen) atoms. The maximum absolute atomic E-state index is 12.6. The van der Waals surface area contributed by atoms with Crippen LogP contribution in [0.25, 0.3) is 10.2 Å². The highest BCUT2D eigenvalue weighted by Gasteiger charge is 2.16. The number of benzene rings is 2. The Balaban J connectivity index is 2.21. The van der Waals surface area contributed by atoms with Crippen LogP contribution < -0.4 is 9.54 Å². The number of hydrogen-bond donors (Lipinski definition) is 0. The number of methoxy groups -OCH3 is 2. The first-order valence-corrected chi connectivity index (χ1v) is 9.23. The zero-order valence-corrected chi connectivity index (χ0v) is 16.5. The number of fused-ring (bicyclic) bond motifs is 1. The van der Waals surface area contributed by atoms with Crippen LogP contribution in [0.2, 0.25) is 0 Å². The Morgan fingerprint density at radius 3 is 2.62 bits per heavy atom. The maximum Gasteiger partial charge on any atom is 0.325 e. The minimum absolute atomic E-state index is 0.0705. The molecule has 0 bridgehead atoms. The first-order chi connectivity index (χ1) is 12.5. The predicted octanol–water partition coefficient (Wildman–Crippen LogP) is 3.39. The summed E-state index contributed by atoms with van der Waals surface area (Å²) >= 11 is 4.67. The zero-order chi connectivity index (χ0) is 18.7. The molecule has 134 valence electrons. The molecular weight excluding hydrogens is 420 g/mol. The van der Waals surface area contributed by atoms with Gasteiger partial charge in [-0.05, 0) is 40.2 Å². The number of hydrogen-bond acceptors (Lipinski definition) is 5. The van der Waals surface area contributed by atoms with Gasteiger partial charge in [0.1, 0.15) is 17.8 Å². The third-order valence-electron chi connectivity index (χ3n) is 3.70. The summed E-state index contributed by atoms with van der Waals surface area (Å²) < 4.78 is 13.3. The van der Waals surface area contributed by atoms with Crippen LogP contribution in [0.5, 0.6) is 5.75 Å². The average Bonchev–Trinajstić information content (AvgIpc) is 2.99. The summed E-state index contributed by atoms with van der Waals surface area (Å²) in [6.07, 6.45) is 0. The van der Waals surface area contributed by atoms with Crippen molar-refractivity contribution in [1.82, 2.24) is 4.57 Å². The van der Waals surface area contributed by atoms with Crippen LogP contribution in [0.3, 0.4) is 0 Å². The smallest absolute Gasteiger partial charge is 0.325 e. The van der Waals surface area contributed by atoms with Gasteiger partial charge in [-0.1, -0.05) is 29.5 Å². The van der Waals surface area contributed by atoms with Crippen molar-refractivity contribution in [2.75, 3.05) is 14.2 Å². The van der Waals surface area contributed by atoms with Crippen molar-refractivity contribution < 1.29 is 19.1 Å². The molecule has 0 aliphatic heterocycles. The third kappa shape index (κ3) is 3.56. The molecule has 0 atom stereocenters. The molecule has 0 fully saturated rings. The van der Waals surface area contributed by atoms with E-state index in [0.717, 1.165) is 4.70 Å². The number of nitrogens with zero attached hydrogens (tertiary/aromatic N) is 2. The Morgan fingerprint density at radius 2 is 1.92 bits per heavy atom. The van der Waals surface area contributed by atoms with E-state index in [0.29, 0.717) is 26.1 Å². The van der Waals surface area contributed by atoms with Crippen molar-refractivity contribution in [3.8, 4) is 5.75 Å². The Bertz CT molecular complexity index is 1050. The minimum atomic E-state index is -0.439. The van der Waals surface area contributed by atoms with Gasteiger partial charge in [-0.15, -0.1) is 0 Å². The minimum Gasteiger partial charge on any atom is -0.495 e. The summed E-state index contributed by atoms with van der Waals surface area (Å²) in [6.45, 7) is -0.0705. The molecule has 2 aromatic carbocycles. The molecular formula is C18H15BrN2O4S. The van der Waals surface area contributed by atoms with Gasteiger partial charge in [-0.2, -0.15) is 4.99 Å². The van der Waals surface area contributed by atoms with Gasteiger partial charge in [0, 0.05) is 4.47 Å². The van der Waals surface area contributed by atoms with Gasteiger partial charge in [0.2, 0.25) is 0 Å². The van der Waals surface area contributed by atoms with Crippen LogP contribution in [-0.2, 0) is 16.1 Å². The molecule has 1 aromatic heterocycles. The second-order valence-corrected chi connectivity index (χ2v) is 7.11. The molecule has 0 N–H and O–H groups in total. The first kappa shape index (κ1) is 18.3. The van der Waals surface area contributed by atoms with Gasteiger partial charge in [0.25, 0.3) is 5.91 Å². The molecule has 3 rings (SSSR count). The Kier molecular flexibility index (Phi) is 5.53. The molecule has 1 amide bonds. The molecule has 0 aliphatic carbocycles. The standard InChI is InChI=1S/C18H15BrN2O4S/c1-24-13-8-5-9-14-16(13)21(10-15(22)25-2)18(26-14)20-17(23)11-6-3-4-7-12(11)19/h3-9H,10H2,1-2H3. The molecule has 8 heteroatoms. The monoisotopic (exact) mass is 434 g/mol. The summed E-state index contributed by atoms with van der Waals surface area (Å²) in [5, 5.41) is 0. The number of amides is 1. The molecule has 3 aromatic rings. The number of rotatable bonds is 4. The number of halogens is 1. The number of ether oxygens (including phenoxy) is 2. The summed E-state index contributed by atoms with van der Waals surface area (Å²) in [5.74, 6) is -0.246. The molecule has 0 saturated carbocycles. The van der Waals surface area contributed by atoms with Gasteiger partial charge in [0.15, 0.2) is 4.80 Å². The quantitative estimate of drug-likeness (QED) is 0.590. The largest absolute Gasteiger partial charge is 0.495 e. The van der Waals surface area contributed by atoms with E-state index >= 15 is 0 Å². The van der Waals surface area contributed by atoms with Gasteiger partial charge in [-0.3, -0.25) is 9.59 Å². The van der Waals surface area contributed by atoms with E-state index in [2.05, 4.69) is 20.9 Å². The molecule has 0 spiro atoms. The third-order valence-corrected chi connectivity index (χ3v) is 5.44.